The van der Waals surface area contributed by atoms with Crippen molar-refractivity contribution in [2.75, 3.05) is 6.54 Å². The summed E-state index contributed by atoms with van der Waals surface area (Å²) in [6, 6.07) is 7.02. The minimum absolute atomic E-state index is 0.329. The first-order chi connectivity index (χ1) is 7.31. The van der Waals surface area contributed by atoms with E-state index in [4.69, 9.17) is 4.74 Å². The molecule has 15 heavy (non-hydrogen) atoms. The quantitative estimate of drug-likeness (QED) is 0.909. The zero-order valence-electron chi connectivity index (χ0n) is 8.50. The Kier molecular flexibility index (Phi) is 2.45. The van der Waals surface area contributed by atoms with Crippen LogP contribution in [0.2, 0.25) is 0 Å². The molecule has 3 rings (SSSR count). The van der Waals surface area contributed by atoms with Crippen molar-refractivity contribution in [3.8, 4) is 5.75 Å². The molecule has 0 spiro atoms. The van der Waals surface area contributed by atoms with Crippen LogP contribution < -0.4 is 10.1 Å². The monoisotopic (exact) mass is 267 g/mol. The van der Waals surface area contributed by atoms with Gasteiger partial charge in [0.1, 0.15) is 11.9 Å². The molecule has 1 N–H and O–H groups in total. The van der Waals surface area contributed by atoms with Crippen molar-refractivity contribution in [2.24, 2.45) is 0 Å². The molecule has 0 saturated heterocycles. The molecule has 3 heteroatoms. The number of halogens is 1. The molecule has 1 unspecified atom stereocenters. The maximum Gasteiger partial charge on any atom is 0.123 e. The summed E-state index contributed by atoms with van der Waals surface area (Å²) < 4.78 is 7.00. The van der Waals surface area contributed by atoms with Gasteiger partial charge in [0, 0.05) is 23.5 Å². The van der Waals surface area contributed by atoms with E-state index >= 15 is 0 Å². The average Bonchev–Trinajstić information content (AvgIpc) is 2.95. The number of benzene rings is 1. The van der Waals surface area contributed by atoms with E-state index in [1.54, 1.807) is 0 Å². The molecule has 1 atom stereocenters. The number of hydrogen-bond acceptors (Lipinski definition) is 2. The Labute approximate surface area is 98.1 Å². The highest BCUT2D eigenvalue weighted by molar-refractivity contribution is 9.10. The SMILES string of the molecule is Brc1ccc2c(c1)CC(CNC1CC1)O2. The predicted molar refractivity (Wildman–Crippen MR) is 63.3 cm³/mol. The van der Waals surface area contributed by atoms with Gasteiger partial charge in [-0.1, -0.05) is 15.9 Å². The van der Waals surface area contributed by atoms with Crippen molar-refractivity contribution < 1.29 is 4.74 Å². The van der Waals surface area contributed by atoms with Gasteiger partial charge in [0.25, 0.3) is 0 Å². The summed E-state index contributed by atoms with van der Waals surface area (Å²) in [6.45, 7) is 0.983. The van der Waals surface area contributed by atoms with Crippen molar-refractivity contribution in [2.45, 2.75) is 31.4 Å². The zero-order valence-corrected chi connectivity index (χ0v) is 10.1. The molecule has 1 fully saturated rings. The minimum Gasteiger partial charge on any atom is -0.488 e. The highest BCUT2D eigenvalue weighted by atomic mass is 79.9. The van der Waals surface area contributed by atoms with Gasteiger partial charge in [0.15, 0.2) is 0 Å². The van der Waals surface area contributed by atoms with E-state index in [-0.39, 0.29) is 0 Å². The molecule has 80 valence electrons. The van der Waals surface area contributed by atoms with E-state index in [0.717, 1.165) is 29.2 Å². The Morgan fingerprint density at radius 1 is 1.40 bits per heavy atom. The maximum atomic E-state index is 5.86. The van der Waals surface area contributed by atoms with Gasteiger partial charge < -0.3 is 10.1 Å². The first-order valence-corrected chi connectivity index (χ1v) is 6.29. The lowest BCUT2D eigenvalue weighted by Crippen LogP contribution is -2.31. The van der Waals surface area contributed by atoms with Crippen molar-refractivity contribution in [1.29, 1.82) is 0 Å². The van der Waals surface area contributed by atoms with Crippen molar-refractivity contribution in [3.63, 3.8) is 0 Å². The Morgan fingerprint density at radius 3 is 3.07 bits per heavy atom. The Morgan fingerprint density at radius 2 is 2.27 bits per heavy atom. The first kappa shape index (κ1) is 9.67. The molecule has 1 aromatic rings. The summed E-state index contributed by atoms with van der Waals surface area (Å²) in [6.07, 6.45) is 4.04. The van der Waals surface area contributed by atoms with Crippen LogP contribution in [-0.4, -0.2) is 18.7 Å². The largest absolute Gasteiger partial charge is 0.488 e. The van der Waals surface area contributed by atoms with Crippen LogP contribution in [0.1, 0.15) is 18.4 Å². The zero-order chi connectivity index (χ0) is 10.3. The normalized spacial score (nSPS) is 23.7. The van der Waals surface area contributed by atoms with Crippen LogP contribution in [0, 0.1) is 0 Å². The summed E-state index contributed by atoms with van der Waals surface area (Å²) in [4.78, 5) is 0. The average molecular weight is 268 g/mol. The Balaban J connectivity index is 1.63. The van der Waals surface area contributed by atoms with E-state index in [1.807, 2.05) is 6.07 Å². The summed E-state index contributed by atoms with van der Waals surface area (Å²) in [7, 11) is 0. The number of rotatable bonds is 3. The Bertz CT molecular complexity index is 376. The molecule has 0 aromatic heterocycles. The van der Waals surface area contributed by atoms with Crippen LogP contribution in [0.3, 0.4) is 0 Å². The van der Waals surface area contributed by atoms with Gasteiger partial charge in [-0.15, -0.1) is 0 Å². The van der Waals surface area contributed by atoms with E-state index in [0.29, 0.717) is 6.10 Å². The summed E-state index contributed by atoms with van der Waals surface area (Å²) >= 11 is 3.49. The first-order valence-electron chi connectivity index (χ1n) is 5.50. The highest BCUT2D eigenvalue weighted by Gasteiger charge is 2.26. The number of nitrogens with one attached hydrogen (secondary N) is 1. The third kappa shape index (κ3) is 2.18. The van der Waals surface area contributed by atoms with Crippen LogP contribution in [0.15, 0.2) is 22.7 Å². The fourth-order valence-electron chi connectivity index (χ4n) is 1.99. The number of fused-ring (bicyclic) bond motifs is 1. The number of ether oxygens (including phenoxy) is 1. The fraction of sp³-hybridized carbons (Fsp3) is 0.500. The molecule has 1 aliphatic heterocycles. The summed E-state index contributed by atoms with van der Waals surface area (Å²) in [5.74, 6) is 1.06. The molecule has 1 aliphatic carbocycles. The van der Waals surface area contributed by atoms with E-state index < -0.39 is 0 Å². The minimum atomic E-state index is 0.329. The molecule has 2 nitrogen and oxygen atoms in total. The molecule has 1 heterocycles. The predicted octanol–water partition coefficient (Wildman–Crippen LogP) is 2.50. The molecule has 0 amide bonds. The van der Waals surface area contributed by atoms with Gasteiger partial charge >= 0.3 is 0 Å². The second kappa shape index (κ2) is 3.80. The lowest BCUT2D eigenvalue weighted by atomic mass is 10.1. The van der Waals surface area contributed by atoms with E-state index in [2.05, 4.69) is 33.4 Å². The van der Waals surface area contributed by atoms with Crippen LogP contribution in [-0.2, 0) is 6.42 Å². The Hall–Kier alpha value is -0.540. The standard InChI is InChI=1S/C12H14BrNO/c13-9-1-4-12-8(5-9)6-11(15-12)7-14-10-2-3-10/h1,4-5,10-11,14H,2-3,6-7H2. The van der Waals surface area contributed by atoms with Gasteiger partial charge in [-0.25, -0.2) is 0 Å². The molecule has 1 saturated carbocycles. The third-order valence-electron chi connectivity index (χ3n) is 2.98. The third-order valence-corrected chi connectivity index (χ3v) is 3.47. The molecule has 2 aliphatic rings. The van der Waals surface area contributed by atoms with Gasteiger partial charge in [-0.3, -0.25) is 0 Å². The smallest absolute Gasteiger partial charge is 0.123 e. The molecular formula is C12H14BrNO. The van der Waals surface area contributed by atoms with Gasteiger partial charge in [0.05, 0.1) is 0 Å². The van der Waals surface area contributed by atoms with Crippen LogP contribution in [0.5, 0.6) is 5.75 Å². The van der Waals surface area contributed by atoms with Crippen molar-refractivity contribution >= 4 is 15.9 Å². The lowest BCUT2D eigenvalue weighted by molar-refractivity contribution is 0.227. The molecule has 0 radical (unpaired) electrons. The molecule has 0 bridgehead atoms. The van der Waals surface area contributed by atoms with Gasteiger partial charge in [-0.2, -0.15) is 0 Å². The van der Waals surface area contributed by atoms with Crippen molar-refractivity contribution in [1.82, 2.24) is 5.32 Å². The van der Waals surface area contributed by atoms with Crippen LogP contribution in [0.4, 0.5) is 0 Å². The second-order valence-corrected chi connectivity index (χ2v) is 5.29. The highest BCUT2D eigenvalue weighted by Crippen LogP contribution is 2.31. The lowest BCUT2D eigenvalue weighted by Gasteiger charge is -2.10. The van der Waals surface area contributed by atoms with Crippen LogP contribution in [0.25, 0.3) is 0 Å². The topological polar surface area (TPSA) is 21.3 Å². The summed E-state index contributed by atoms with van der Waals surface area (Å²) in [5.41, 5.74) is 1.33. The van der Waals surface area contributed by atoms with Gasteiger partial charge in [0.2, 0.25) is 0 Å². The van der Waals surface area contributed by atoms with Crippen LogP contribution >= 0.6 is 15.9 Å². The fourth-order valence-corrected chi connectivity index (χ4v) is 2.40. The molecule has 1 aromatic carbocycles. The van der Waals surface area contributed by atoms with E-state index in [1.165, 1.54) is 18.4 Å². The second-order valence-electron chi connectivity index (χ2n) is 4.38. The van der Waals surface area contributed by atoms with Crippen molar-refractivity contribution in [3.05, 3.63) is 28.2 Å². The maximum absolute atomic E-state index is 5.86. The van der Waals surface area contributed by atoms with Gasteiger partial charge in [-0.05, 0) is 36.6 Å². The number of hydrogen-bond donors (Lipinski definition) is 1. The molecular weight excluding hydrogens is 254 g/mol. The van der Waals surface area contributed by atoms with E-state index in [9.17, 15) is 0 Å². The summed E-state index contributed by atoms with van der Waals surface area (Å²) in [5, 5.41) is 3.51.